The Hall–Kier alpha value is -2.54. The van der Waals surface area contributed by atoms with E-state index in [1.807, 2.05) is 19.2 Å². The van der Waals surface area contributed by atoms with Crippen molar-refractivity contribution < 1.29 is 19.1 Å². The van der Waals surface area contributed by atoms with E-state index in [-0.39, 0.29) is 17.7 Å². The Bertz CT molecular complexity index is 758. The van der Waals surface area contributed by atoms with Crippen LogP contribution in [0.15, 0.2) is 35.7 Å². The maximum absolute atomic E-state index is 12.6. The molecule has 1 aromatic heterocycles. The number of fused-ring (bicyclic) bond motifs is 1. The molecule has 0 bridgehead atoms. The summed E-state index contributed by atoms with van der Waals surface area (Å²) in [5.41, 5.74) is 0.602. The van der Waals surface area contributed by atoms with E-state index in [1.54, 1.807) is 30.3 Å². The summed E-state index contributed by atoms with van der Waals surface area (Å²) < 4.78 is 11.0. The molecular formula is C18H20N2O4S. The highest BCUT2D eigenvalue weighted by atomic mass is 32.1. The number of nitrogens with one attached hydrogen (secondary N) is 2. The van der Waals surface area contributed by atoms with Crippen LogP contribution in [0.3, 0.4) is 0 Å². The molecule has 2 amide bonds. The Labute approximate surface area is 150 Å². The molecule has 0 spiro atoms. The number of benzene rings is 1. The Morgan fingerprint density at radius 1 is 1.12 bits per heavy atom. The fraction of sp³-hybridized carbons (Fsp3) is 0.333. The maximum Gasteiger partial charge on any atom is 0.262 e. The smallest absolute Gasteiger partial charge is 0.262 e. The molecule has 0 aliphatic carbocycles. The third kappa shape index (κ3) is 4.11. The summed E-state index contributed by atoms with van der Waals surface area (Å²) in [5.74, 6) is 0.701. The third-order valence-corrected chi connectivity index (χ3v) is 4.66. The Balaban J connectivity index is 1.69. The predicted molar refractivity (Wildman–Crippen MR) is 96.5 cm³/mol. The van der Waals surface area contributed by atoms with Crippen LogP contribution in [0.1, 0.15) is 23.5 Å². The summed E-state index contributed by atoms with van der Waals surface area (Å²) in [7, 11) is 0. The van der Waals surface area contributed by atoms with Gasteiger partial charge in [0.25, 0.3) is 5.91 Å². The topological polar surface area (TPSA) is 76.7 Å². The van der Waals surface area contributed by atoms with Crippen molar-refractivity contribution >= 4 is 28.8 Å². The zero-order valence-corrected chi connectivity index (χ0v) is 14.9. The number of anilines is 1. The van der Waals surface area contributed by atoms with E-state index in [0.717, 1.165) is 0 Å². The van der Waals surface area contributed by atoms with Crippen LogP contribution < -0.4 is 20.1 Å². The number of hydrogen-bond donors (Lipinski definition) is 2. The van der Waals surface area contributed by atoms with Gasteiger partial charge in [0.1, 0.15) is 19.3 Å². The Kier molecular flexibility index (Phi) is 5.23. The van der Waals surface area contributed by atoms with Crippen molar-refractivity contribution in [3.05, 3.63) is 40.6 Å². The average molecular weight is 360 g/mol. The number of rotatable bonds is 5. The second kappa shape index (κ2) is 7.57. The van der Waals surface area contributed by atoms with Crippen LogP contribution in [-0.2, 0) is 4.79 Å². The molecule has 0 saturated carbocycles. The van der Waals surface area contributed by atoms with Gasteiger partial charge in [0.2, 0.25) is 5.91 Å². The third-order valence-electron chi connectivity index (χ3n) is 3.79. The molecule has 3 rings (SSSR count). The number of hydrogen-bond acceptors (Lipinski definition) is 5. The second-order valence-electron chi connectivity index (χ2n) is 6.02. The molecule has 0 fully saturated rings. The van der Waals surface area contributed by atoms with Crippen molar-refractivity contribution in [2.75, 3.05) is 18.5 Å². The standard InChI is InChI=1S/C18H20N2O4S/c1-11(2)16(20-17(21)15-4-3-9-25-15)18(22)19-12-5-6-13-14(10-12)24-8-7-23-13/h3-6,9-11,16H,7-8H2,1-2H3,(H,19,22)(H,20,21)/t16-/m1/s1. The van der Waals surface area contributed by atoms with Gasteiger partial charge in [-0.25, -0.2) is 0 Å². The second-order valence-corrected chi connectivity index (χ2v) is 6.97. The lowest BCUT2D eigenvalue weighted by Gasteiger charge is -2.22. The number of carbonyl (C=O) groups is 2. The SMILES string of the molecule is CC(C)[C@@H](NC(=O)c1cccs1)C(=O)Nc1ccc2c(c1)OCCO2. The molecule has 6 nitrogen and oxygen atoms in total. The van der Waals surface area contributed by atoms with E-state index in [1.165, 1.54) is 11.3 Å². The minimum absolute atomic E-state index is 0.0545. The quantitative estimate of drug-likeness (QED) is 0.860. The molecule has 0 saturated heterocycles. The molecule has 1 aromatic carbocycles. The molecule has 132 valence electrons. The number of carbonyl (C=O) groups excluding carboxylic acids is 2. The lowest BCUT2D eigenvalue weighted by Crippen LogP contribution is -2.46. The van der Waals surface area contributed by atoms with Gasteiger partial charge in [0.15, 0.2) is 11.5 Å². The summed E-state index contributed by atoms with van der Waals surface area (Å²) in [6.07, 6.45) is 0. The predicted octanol–water partition coefficient (Wildman–Crippen LogP) is 2.91. The van der Waals surface area contributed by atoms with Crippen molar-refractivity contribution in [2.24, 2.45) is 5.92 Å². The molecule has 0 unspecified atom stereocenters. The van der Waals surface area contributed by atoms with E-state index in [4.69, 9.17) is 9.47 Å². The first-order valence-corrected chi connectivity index (χ1v) is 8.97. The maximum atomic E-state index is 12.6. The van der Waals surface area contributed by atoms with Crippen LogP contribution in [-0.4, -0.2) is 31.1 Å². The largest absolute Gasteiger partial charge is 0.486 e. The summed E-state index contributed by atoms with van der Waals surface area (Å²) in [5, 5.41) is 7.47. The van der Waals surface area contributed by atoms with Gasteiger partial charge in [-0.05, 0) is 29.5 Å². The van der Waals surface area contributed by atoms with Crippen LogP contribution in [0.25, 0.3) is 0 Å². The van der Waals surface area contributed by atoms with Gasteiger partial charge in [-0.15, -0.1) is 11.3 Å². The first-order valence-electron chi connectivity index (χ1n) is 8.09. The summed E-state index contributed by atoms with van der Waals surface area (Å²) in [6, 6.07) is 8.14. The van der Waals surface area contributed by atoms with Crippen LogP contribution in [0.2, 0.25) is 0 Å². The van der Waals surface area contributed by atoms with Crippen molar-refractivity contribution in [1.82, 2.24) is 5.32 Å². The van der Waals surface area contributed by atoms with E-state index < -0.39 is 6.04 Å². The zero-order valence-electron chi connectivity index (χ0n) is 14.1. The van der Waals surface area contributed by atoms with Crippen molar-refractivity contribution in [3.63, 3.8) is 0 Å². The van der Waals surface area contributed by atoms with Crippen LogP contribution in [0, 0.1) is 5.92 Å². The molecule has 1 aliphatic heterocycles. The normalized spacial score (nSPS) is 14.0. The van der Waals surface area contributed by atoms with Crippen molar-refractivity contribution in [1.29, 1.82) is 0 Å². The molecule has 1 atom stereocenters. The number of thiophene rings is 1. The highest BCUT2D eigenvalue weighted by Gasteiger charge is 2.25. The minimum atomic E-state index is -0.636. The van der Waals surface area contributed by atoms with Crippen LogP contribution >= 0.6 is 11.3 Å². The molecular weight excluding hydrogens is 340 g/mol. The summed E-state index contributed by atoms with van der Waals surface area (Å²) >= 11 is 1.34. The lowest BCUT2D eigenvalue weighted by atomic mass is 10.0. The molecule has 1 aliphatic rings. The lowest BCUT2D eigenvalue weighted by molar-refractivity contribution is -0.118. The first-order chi connectivity index (χ1) is 12.0. The first kappa shape index (κ1) is 17.3. The molecule has 2 aromatic rings. The summed E-state index contributed by atoms with van der Waals surface area (Å²) in [6.45, 7) is 4.78. The van der Waals surface area contributed by atoms with Gasteiger partial charge < -0.3 is 20.1 Å². The van der Waals surface area contributed by atoms with Gasteiger partial charge in [-0.1, -0.05) is 19.9 Å². The Morgan fingerprint density at radius 2 is 1.88 bits per heavy atom. The Morgan fingerprint density at radius 3 is 2.56 bits per heavy atom. The summed E-state index contributed by atoms with van der Waals surface area (Å²) in [4.78, 5) is 25.5. The monoisotopic (exact) mass is 360 g/mol. The van der Waals surface area contributed by atoms with E-state index in [9.17, 15) is 9.59 Å². The van der Waals surface area contributed by atoms with Gasteiger partial charge in [0, 0.05) is 11.8 Å². The molecule has 2 N–H and O–H groups in total. The highest BCUT2D eigenvalue weighted by Crippen LogP contribution is 2.32. The van der Waals surface area contributed by atoms with Gasteiger partial charge >= 0.3 is 0 Å². The van der Waals surface area contributed by atoms with Gasteiger partial charge in [0.05, 0.1) is 4.88 Å². The van der Waals surface area contributed by atoms with Crippen LogP contribution in [0.4, 0.5) is 5.69 Å². The molecule has 7 heteroatoms. The number of ether oxygens (including phenoxy) is 2. The zero-order chi connectivity index (χ0) is 17.8. The number of amides is 2. The molecule has 25 heavy (non-hydrogen) atoms. The van der Waals surface area contributed by atoms with Crippen LogP contribution in [0.5, 0.6) is 11.5 Å². The molecule has 2 heterocycles. The van der Waals surface area contributed by atoms with Crippen molar-refractivity contribution in [2.45, 2.75) is 19.9 Å². The van der Waals surface area contributed by atoms with E-state index in [0.29, 0.717) is 35.3 Å². The fourth-order valence-corrected chi connectivity index (χ4v) is 3.12. The van der Waals surface area contributed by atoms with E-state index in [2.05, 4.69) is 10.6 Å². The van der Waals surface area contributed by atoms with Gasteiger partial charge in [-0.3, -0.25) is 9.59 Å². The van der Waals surface area contributed by atoms with E-state index >= 15 is 0 Å². The highest BCUT2D eigenvalue weighted by molar-refractivity contribution is 7.12. The van der Waals surface area contributed by atoms with Crippen molar-refractivity contribution in [3.8, 4) is 11.5 Å². The minimum Gasteiger partial charge on any atom is -0.486 e. The molecule has 0 radical (unpaired) electrons. The van der Waals surface area contributed by atoms with Gasteiger partial charge in [-0.2, -0.15) is 0 Å². The average Bonchev–Trinajstić information content (AvgIpc) is 3.13. The fourth-order valence-electron chi connectivity index (χ4n) is 2.50.